The molecule has 0 fully saturated rings. The van der Waals surface area contributed by atoms with Crippen LogP contribution in [0.25, 0.3) is 0 Å². The van der Waals surface area contributed by atoms with Gasteiger partial charge in [-0.15, -0.1) is 0 Å². The van der Waals surface area contributed by atoms with Crippen molar-refractivity contribution in [1.29, 1.82) is 0 Å². The molecule has 1 heterocycles. The van der Waals surface area contributed by atoms with Crippen LogP contribution in [0, 0.1) is 5.82 Å². The minimum atomic E-state index is -1.34. The summed E-state index contributed by atoms with van der Waals surface area (Å²) in [6.45, 7) is 1.89. The summed E-state index contributed by atoms with van der Waals surface area (Å²) in [7, 11) is 0. The molecule has 0 aliphatic heterocycles. The number of nitrogens with one attached hydrogen (secondary N) is 1. The zero-order valence-electron chi connectivity index (χ0n) is 10.9. The maximum Gasteiger partial charge on any atom is 0.338 e. The van der Waals surface area contributed by atoms with Crippen molar-refractivity contribution in [2.75, 3.05) is 11.1 Å². The Morgan fingerprint density at radius 3 is 2.90 bits per heavy atom. The van der Waals surface area contributed by atoms with Gasteiger partial charge in [-0.25, -0.2) is 9.18 Å². The first kappa shape index (κ1) is 13.9. The van der Waals surface area contributed by atoms with Crippen LogP contribution in [0.15, 0.2) is 34.9 Å². The summed E-state index contributed by atoms with van der Waals surface area (Å²) in [4.78, 5) is 10.8. The van der Waals surface area contributed by atoms with Gasteiger partial charge in [0, 0.05) is 12.5 Å². The van der Waals surface area contributed by atoms with E-state index in [-0.39, 0.29) is 11.7 Å². The van der Waals surface area contributed by atoms with E-state index in [0.717, 1.165) is 17.9 Å². The molecule has 2 rings (SSSR count). The molecule has 0 amide bonds. The molecule has 0 aliphatic rings. The SMILES string of the molecule is CC(Cc1ccco1)Nc1cc(F)c(C(=O)O)cc1N. The topological polar surface area (TPSA) is 88.5 Å². The zero-order chi connectivity index (χ0) is 14.7. The van der Waals surface area contributed by atoms with Crippen LogP contribution in [-0.2, 0) is 6.42 Å². The van der Waals surface area contributed by atoms with Crippen molar-refractivity contribution in [2.24, 2.45) is 0 Å². The lowest BCUT2D eigenvalue weighted by atomic mass is 10.1. The van der Waals surface area contributed by atoms with E-state index in [1.165, 1.54) is 0 Å². The summed E-state index contributed by atoms with van der Waals surface area (Å²) in [6, 6.07) is 5.79. The summed E-state index contributed by atoms with van der Waals surface area (Å²) in [5.74, 6) is -1.37. The molecular formula is C14H15FN2O3. The van der Waals surface area contributed by atoms with E-state index in [9.17, 15) is 9.18 Å². The Morgan fingerprint density at radius 1 is 1.55 bits per heavy atom. The highest BCUT2D eigenvalue weighted by Crippen LogP contribution is 2.24. The van der Waals surface area contributed by atoms with E-state index in [1.807, 2.05) is 13.0 Å². The van der Waals surface area contributed by atoms with Crippen LogP contribution in [-0.4, -0.2) is 17.1 Å². The van der Waals surface area contributed by atoms with E-state index >= 15 is 0 Å². The number of hydrogen-bond donors (Lipinski definition) is 3. The molecule has 20 heavy (non-hydrogen) atoms. The Labute approximate surface area is 115 Å². The van der Waals surface area contributed by atoms with Gasteiger partial charge in [0.05, 0.1) is 23.2 Å². The number of hydrogen-bond acceptors (Lipinski definition) is 4. The molecule has 4 N–H and O–H groups in total. The molecule has 2 aromatic rings. The second-order valence-electron chi connectivity index (χ2n) is 4.55. The quantitative estimate of drug-likeness (QED) is 0.732. The number of nitrogen functional groups attached to an aromatic ring is 1. The average Bonchev–Trinajstić information content (AvgIpc) is 2.85. The largest absolute Gasteiger partial charge is 0.478 e. The first-order valence-corrected chi connectivity index (χ1v) is 6.08. The number of benzene rings is 1. The lowest BCUT2D eigenvalue weighted by molar-refractivity contribution is 0.0692. The minimum absolute atomic E-state index is 0.0430. The van der Waals surface area contributed by atoms with E-state index in [4.69, 9.17) is 15.3 Å². The molecule has 0 spiro atoms. The normalized spacial score (nSPS) is 12.1. The molecular weight excluding hydrogens is 263 g/mol. The van der Waals surface area contributed by atoms with Gasteiger partial charge in [0.2, 0.25) is 0 Å². The maximum absolute atomic E-state index is 13.6. The fourth-order valence-electron chi connectivity index (χ4n) is 1.93. The van der Waals surface area contributed by atoms with Crippen LogP contribution in [0.1, 0.15) is 23.0 Å². The molecule has 106 valence electrons. The molecule has 0 bridgehead atoms. The third kappa shape index (κ3) is 3.09. The number of furan rings is 1. The molecule has 1 unspecified atom stereocenters. The molecule has 0 saturated heterocycles. The van der Waals surface area contributed by atoms with E-state index < -0.39 is 17.3 Å². The highest BCUT2D eigenvalue weighted by molar-refractivity contribution is 5.90. The molecule has 6 heteroatoms. The minimum Gasteiger partial charge on any atom is -0.478 e. The number of carboxylic acids is 1. The zero-order valence-corrected chi connectivity index (χ0v) is 10.9. The second-order valence-corrected chi connectivity index (χ2v) is 4.55. The van der Waals surface area contributed by atoms with Crippen molar-refractivity contribution >= 4 is 17.3 Å². The van der Waals surface area contributed by atoms with Crippen LogP contribution in [0.5, 0.6) is 0 Å². The lowest BCUT2D eigenvalue weighted by Crippen LogP contribution is -2.19. The van der Waals surface area contributed by atoms with Crippen LogP contribution in [0.3, 0.4) is 0 Å². The summed E-state index contributed by atoms with van der Waals surface area (Å²) in [5, 5.41) is 11.8. The molecule has 0 aliphatic carbocycles. The van der Waals surface area contributed by atoms with Crippen LogP contribution < -0.4 is 11.1 Å². The molecule has 1 atom stereocenters. The van der Waals surface area contributed by atoms with Crippen LogP contribution >= 0.6 is 0 Å². The number of rotatable bonds is 5. The second kappa shape index (κ2) is 5.64. The van der Waals surface area contributed by atoms with Gasteiger partial charge in [-0.05, 0) is 31.2 Å². The number of carboxylic acid groups (broad SMARTS) is 1. The van der Waals surface area contributed by atoms with Crippen molar-refractivity contribution < 1.29 is 18.7 Å². The van der Waals surface area contributed by atoms with Gasteiger partial charge in [0.15, 0.2) is 0 Å². The van der Waals surface area contributed by atoms with Gasteiger partial charge in [-0.1, -0.05) is 0 Å². The van der Waals surface area contributed by atoms with E-state index in [1.54, 1.807) is 12.3 Å². The monoisotopic (exact) mass is 278 g/mol. The highest BCUT2D eigenvalue weighted by Gasteiger charge is 2.15. The molecule has 1 aromatic heterocycles. The van der Waals surface area contributed by atoms with Crippen molar-refractivity contribution in [3.05, 3.63) is 47.7 Å². The molecule has 1 aromatic carbocycles. The number of aromatic carboxylic acids is 1. The first-order chi connectivity index (χ1) is 9.47. The predicted octanol–water partition coefficient (Wildman–Crippen LogP) is 2.74. The van der Waals surface area contributed by atoms with Crippen molar-refractivity contribution in [3.8, 4) is 0 Å². The molecule has 0 radical (unpaired) electrons. The smallest absolute Gasteiger partial charge is 0.338 e. The summed E-state index contributed by atoms with van der Waals surface area (Å²) >= 11 is 0. The fourth-order valence-corrected chi connectivity index (χ4v) is 1.93. The Kier molecular flexibility index (Phi) is 3.93. The highest BCUT2D eigenvalue weighted by atomic mass is 19.1. The Bertz CT molecular complexity index is 611. The number of nitrogens with two attached hydrogens (primary N) is 1. The van der Waals surface area contributed by atoms with Crippen molar-refractivity contribution in [1.82, 2.24) is 0 Å². The van der Waals surface area contributed by atoms with Gasteiger partial charge >= 0.3 is 5.97 Å². The fraction of sp³-hybridized carbons (Fsp3) is 0.214. The number of halogens is 1. The Balaban J connectivity index is 2.13. The van der Waals surface area contributed by atoms with Gasteiger partial charge in [0.25, 0.3) is 0 Å². The van der Waals surface area contributed by atoms with Gasteiger partial charge in [0.1, 0.15) is 11.6 Å². The number of anilines is 2. The standard InChI is InChI=1S/C14H15FN2O3/c1-8(5-9-3-2-4-20-9)17-13-7-11(15)10(14(18)19)6-12(13)16/h2-4,6-8,17H,5,16H2,1H3,(H,18,19). The molecule has 0 saturated carbocycles. The Morgan fingerprint density at radius 2 is 2.30 bits per heavy atom. The maximum atomic E-state index is 13.6. The molecule has 5 nitrogen and oxygen atoms in total. The first-order valence-electron chi connectivity index (χ1n) is 6.08. The third-order valence-corrected chi connectivity index (χ3v) is 2.86. The van der Waals surface area contributed by atoms with Crippen molar-refractivity contribution in [2.45, 2.75) is 19.4 Å². The number of carbonyl (C=O) groups is 1. The van der Waals surface area contributed by atoms with Crippen molar-refractivity contribution in [3.63, 3.8) is 0 Å². The summed E-state index contributed by atoms with van der Waals surface area (Å²) in [6.07, 6.45) is 2.19. The summed E-state index contributed by atoms with van der Waals surface area (Å²) < 4.78 is 18.8. The third-order valence-electron chi connectivity index (χ3n) is 2.86. The van der Waals surface area contributed by atoms with Crippen LogP contribution in [0.4, 0.5) is 15.8 Å². The van der Waals surface area contributed by atoms with Gasteiger partial charge in [-0.2, -0.15) is 0 Å². The predicted molar refractivity (Wildman–Crippen MR) is 73.3 cm³/mol. The van der Waals surface area contributed by atoms with E-state index in [0.29, 0.717) is 12.1 Å². The van der Waals surface area contributed by atoms with Crippen LogP contribution in [0.2, 0.25) is 0 Å². The lowest BCUT2D eigenvalue weighted by Gasteiger charge is -2.16. The summed E-state index contributed by atoms with van der Waals surface area (Å²) in [5.41, 5.74) is 5.85. The van der Waals surface area contributed by atoms with Gasteiger partial charge in [-0.3, -0.25) is 0 Å². The van der Waals surface area contributed by atoms with Gasteiger partial charge < -0.3 is 20.6 Å². The average molecular weight is 278 g/mol. The van der Waals surface area contributed by atoms with E-state index in [2.05, 4.69) is 5.32 Å². The Hall–Kier alpha value is -2.50.